The molecule has 6 atom stereocenters. The van der Waals surface area contributed by atoms with Crippen LogP contribution in [-0.4, -0.2) is 74.9 Å². The summed E-state index contributed by atoms with van der Waals surface area (Å²) in [5.41, 5.74) is 5.69. The van der Waals surface area contributed by atoms with E-state index in [9.17, 15) is 34.2 Å². The Hall–Kier alpha value is -3.63. The maximum absolute atomic E-state index is 13.9. The minimum atomic E-state index is -2.73. The number of phenols is 1. The molecule has 0 radical (unpaired) electrons. The van der Waals surface area contributed by atoms with Gasteiger partial charge >= 0.3 is 0 Å². The molecule has 0 saturated heterocycles. The standard InChI is InChI=1S/C29H33N3O7/c1-12(2)9-14-5-7-18(31-14)15-6-8-19(33)21-16(15)10-13-11-17-23(32(3)4)25(35)22(28(30)38)27(37)29(17,39)26(36)20(13)24(21)34/h5-8,12-13,17,20,22-23,31,33,39H,9-11H2,1-4H3,(H2,30,38)/t13-,17-,20?,22?,23-,29-/m0/s1. The van der Waals surface area contributed by atoms with E-state index in [-0.39, 0.29) is 24.2 Å². The number of aromatic nitrogens is 1. The van der Waals surface area contributed by atoms with Crippen molar-refractivity contribution >= 4 is 29.0 Å². The predicted molar refractivity (Wildman–Crippen MR) is 140 cm³/mol. The van der Waals surface area contributed by atoms with E-state index in [4.69, 9.17) is 5.73 Å². The molecule has 10 nitrogen and oxygen atoms in total. The summed E-state index contributed by atoms with van der Waals surface area (Å²) in [4.78, 5) is 71.3. The third-order valence-electron chi connectivity index (χ3n) is 8.61. The van der Waals surface area contributed by atoms with E-state index in [0.717, 1.165) is 17.8 Å². The highest BCUT2D eigenvalue weighted by atomic mass is 16.3. The quantitative estimate of drug-likeness (QED) is 0.412. The zero-order valence-electron chi connectivity index (χ0n) is 22.4. The lowest BCUT2D eigenvalue weighted by molar-refractivity contribution is -0.181. The number of carbonyl (C=O) groups excluding carboxylic acids is 5. The molecular formula is C29H33N3O7. The Kier molecular flexibility index (Phi) is 6.38. The van der Waals surface area contributed by atoms with Crippen LogP contribution in [0, 0.1) is 29.6 Å². The Labute approximate surface area is 225 Å². The first-order valence-electron chi connectivity index (χ1n) is 13.2. The molecule has 3 aliphatic carbocycles. The van der Waals surface area contributed by atoms with Gasteiger partial charge in [0.05, 0.1) is 17.5 Å². The summed E-state index contributed by atoms with van der Waals surface area (Å²) in [6, 6.07) is 5.88. The van der Waals surface area contributed by atoms with E-state index in [2.05, 4.69) is 18.8 Å². The second-order valence-corrected chi connectivity index (χ2v) is 11.8. The summed E-state index contributed by atoms with van der Waals surface area (Å²) in [6.07, 6.45) is 1.06. The maximum Gasteiger partial charge on any atom is 0.235 e. The number of aromatic amines is 1. The third kappa shape index (κ3) is 3.88. The molecule has 0 spiro atoms. The van der Waals surface area contributed by atoms with Gasteiger partial charge in [-0.1, -0.05) is 13.8 Å². The minimum Gasteiger partial charge on any atom is -0.507 e. The number of nitrogens with zero attached hydrogens (tertiary/aromatic N) is 1. The number of hydrogen-bond acceptors (Lipinski definition) is 8. The summed E-state index contributed by atoms with van der Waals surface area (Å²) in [7, 11) is 3.12. The SMILES string of the molecule is CC(C)Cc1ccc(-c2ccc(O)c3c2C[C@H]2C[C@H]4[C@H](N(C)C)C(=O)C(C(N)=O)C(=O)[C@@]4(O)C(=O)C2C3=O)[nH]1. The number of ketones is 4. The molecule has 2 unspecified atom stereocenters. The highest BCUT2D eigenvalue weighted by Crippen LogP contribution is 2.51. The van der Waals surface area contributed by atoms with Crippen molar-refractivity contribution in [3.8, 4) is 17.0 Å². The van der Waals surface area contributed by atoms with E-state index in [0.29, 0.717) is 17.0 Å². The van der Waals surface area contributed by atoms with Crippen molar-refractivity contribution in [2.75, 3.05) is 14.1 Å². The molecule has 5 rings (SSSR count). The van der Waals surface area contributed by atoms with Crippen LogP contribution in [0.5, 0.6) is 5.75 Å². The second-order valence-electron chi connectivity index (χ2n) is 11.8. The Morgan fingerprint density at radius 2 is 1.82 bits per heavy atom. The van der Waals surface area contributed by atoms with Gasteiger partial charge in [0, 0.05) is 22.9 Å². The average molecular weight is 536 g/mol. The van der Waals surface area contributed by atoms with Crippen molar-refractivity contribution in [1.29, 1.82) is 0 Å². The lowest BCUT2D eigenvalue weighted by Gasteiger charge is -2.52. The van der Waals surface area contributed by atoms with Gasteiger partial charge in [0.2, 0.25) is 5.91 Å². The van der Waals surface area contributed by atoms with Gasteiger partial charge in [-0.25, -0.2) is 0 Å². The molecule has 2 aromatic rings. The molecule has 1 heterocycles. The number of rotatable bonds is 5. The van der Waals surface area contributed by atoms with Gasteiger partial charge in [0.15, 0.2) is 34.7 Å². The highest BCUT2D eigenvalue weighted by molar-refractivity contribution is 6.32. The first kappa shape index (κ1) is 27.0. The third-order valence-corrected chi connectivity index (χ3v) is 8.61. The van der Waals surface area contributed by atoms with Crippen LogP contribution in [-0.2, 0) is 32.0 Å². The number of primary amides is 1. The minimum absolute atomic E-state index is 0.0147. The van der Waals surface area contributed by atoms with Gasteiger partial charge in [-0.3, -0.25) is 28.9 Å². The van der Waals surface area contributed by atoms with Crippen LogP contribution in [0.25, 0.3) is 11.3 Å². The van der Waals surface area contributed by atoms with Crippen molar-refractivity contribution in [2.24, 2.45) is 35.3 Å². The normalized spacial score (nSPS) is 30.4. The fourth-order valence-corrected chi connectivity index (χ4v) is 7.01. The summed E-state index contributed by atoms with van der Waals surface area (Å²) >= 11 is 0. The van der Waals surface area contributed by atoms with E-state index < -0.39 is 64.4 Å². The molecule has 0 aliphatic heterocycles. The first-order chi connectivity index (χ1) is 18.3. The molecule has 206 valence electrons. The number of phenolic OH excluding ortho intramolecular Hbond substituents is 1. The Balaban J connectivity index is 1.62. The number of benzene rings is 1. The van der Waals surface area contributed by atoms with E-state index in [1.807, 2.05) is 12.1 Å². The van der Waals surface area contributed by atoms with Gasteiger partial charge in [-0.05, 0) is 75.0 Å². The molecular weight excluding hydrogens is 502 g/mol. The van der Waals surface area contributed by atoms with E-state index in [1.165, 1.54) is 11.0 Å². The lowest BCUT2D eigenvalue weighted by atomic mass is 9.52. The summed E-state index contributed by atoms with van der Waals surface area (Å²) < 4.78 is 0. The molecule has 5 N–H and O–H groups in total. The molecule has 1 aromatic heterocycles. The molecule has 2 fully saturated rings. The summed E-state index contributed by atoms with van der Waals surface area (Å²) in [6.45, 7) is 4.22. The second kappa shape index (κ2) is 9.24. The largest absolute Gasteiger partial charge is 0.507 e. The van der Waals surface area contributed by atoms with Crippen LogP contribution in [0.15, 0.2) is 24.3 Å². The number of hydrogen-bond donors (Lipinski definition) is 4. The number of aromatic hydroxyl groups is 1. The molecule has 3 aliphatic rings. The number of aliphatic hydroxyl groups is 1. The zero-order chi connectivity index (χ0) is 28.5. The van der Waals surface area contributed by atoms with Gasteiger partial charge in [-0.15, -0.1) is 0 Å². The summed E-state index contributed by atoms with van der Waals surface area (Å²) in [5.74, 6) is -10.0. The fourth-order valence-electron chi connectivity index (χ4n) is 7.01. The fraction of sp³-hybridized carbons (Fsp3) is 0.483. The number of H-pyrrole nitrogens is 1. The Morgan fingerprint density at radius 3 is 2.44 bits per heavy atom. The molecule has 1 amide bonds. The molecule has 2 saturated carbocycles. The van der Waals surface area contributed by atoms with Crippen LogP contribution >= 0.6 is 0 Å². The number of fused-ring (bicyclic) bond motifs is 3. The molecule has 39 heavy (non-hydrogen) atoms. The first-order valence-corrected chi connectivity index (χ1v) is 13.2. The maximum atomic E-state index is 13.9. The van der Waals surface area contributed by atoms with Gasteiger partial charge in [0.25, 0.3) is 0 Å². The van der Waals surface area contributed by atoms with Crippen LogP contribution in [0.4, 0.5) is 0 Å². The van der Waals surface area contributed by atoms with Crippen LogP contribution in [0.1, 0.15) is 41.9 Å². The average Bonchev–Trinajstić information content (AvgIpc) is 3.28. The van der Waals surface area contributed by atoms with Crippen LogP contribution < -0.4 is 5.73 Å². The van der Waals surface area contributed by atoms with Crippen LogP contribution in [0.3, 0.4) is 0 Å². The highest BCUT2D eigenvalue weighted by Gasteiger charge is 2.69. The smallest absolute Gasteiger partial charge is 0.235 e. The number of nitrogens with two attached hydrogens (primary N) is 1. The van der Waals surface area contributed by atoms with Crippen molar-refractivity contribution in [3.63, 3.8) is 0 Å². The van der Waals surface area contributed by atoms with E-state index >= 15 is 0 Å². The van der Waals surface area contributed by atoms with Gasteiger partial charge in [0.1, 0.15) is 5.75 Å². The number of likely N-dealkylation sites (N-methyl/N-ethyl adjacent to an activating group) is 1. The number of Topliss-reactive ketones (excluding diaryl/α,β-unsaturated/α-hetero) is 4. The van der Waals surface area contributed by atoms with Crippen molar-refractivity contribution in [3.05, 3.63) is 41.1 Å². The van der Waals surface area contributed by atoms with Crippen molar-refractivity contribution in [1.82, 2.24) is 9.88 Å². The van der Waals surface area contributed by atoms with E-state index in [1.54, 1.807) is 20.2 Å². The number of amides is 1. The summed E-state index contributed by atoms with van der Waals surface area (Å²) in [5, 5.41) is 22.4. The van der Waals surface area contributed by atoms with Crippen molar-refractivity contribution < 1.29 is 34.2 Å². The zero-order valence-corrected chi connectivity index (χ0v) is 22.4. The predicted octanol–water partition coefficient (Wildman–Crippen LogP) is 1.06. The lowest BCUT2D eigenvalue weighted by Crippen LogP contribution is -2.74. The molecule has 1 aromatic carbocycles. The van der Waals surface area contributed by atoms with Gasteiger partial charge in [-0.2, -0.15) is 0 Å². The molecule has 0 bridgehead atoms. The topological polar surface area (TPSA) is 171 Å². The molecule has 10 heteroatoms. The monoisotopic (exact) mass is 535 g/mol. The van der Waals surface area contributed by atoms with Crippen molar-refractivity contribution in [2.45, 2.75) is 44.8 Å². The number of nitrogens with one attached hydrogen (secondary N) is 1. The Morgan fingerprint density at radius 1 is 1.13 bits per heavy atom. The Bertz CT molecular complexity index is 1420. The van der Waals surface area contributed by atoms with Crippen LogP contribution in [0.2, 0.25) is 0 Å². The number of carbonyl (C=O) groups is 5. The van der Waals surface area contributed by atoms with Gasteiger partial charge < -0.3 is 20.9 Å².